The third-order valence-electron chi connectivity index (χ3n) is 2.28. The van der Waals surface area contributed by atoms with E-state index in [9.17, 15) is 18.0 Å². The maximum Gasteiger partial charge on any atom is 0.239 e. The monoisotopic (exact) mass is 276 g/mol. The molecule has 0 aromatic heterocycles. The highest BCUT2D eigenvalue weighted by molar-refractivity contribution is 5.80. The van der Waals surface area contributed by atoms with Crippen LogP contribution in [0.25, 0.3) is 0 Å². The third-order valence-corrected chi connectivity index (χ3v) is 2.28. The molecule has 1 aromatic carbocycles. The lowest BCUT2D eigenvalue weighted by Gasteiger charge is -2.08. The molecule has 0 saturated carbocycles. The van der Waals surface area contributed by atoms with Crippen molar-refractivity contribution >= 4 is 11.6 Å². The molecule has 0 saturated heterocycles. The molecular weight excluding hydrogens is 261 g/mol. The Morgan fingerprint density at radius 3 is 2.47 bits per heavy atom. The number of ether oxygens (including phenoxy) is 1. The number of nitrogens with one attached hydrogen (secondary N) is 2. The minimum absolute atomic E-state index is 0.00319. The molecule has 0 fully saturated rings. The fourth-order valence-electron chi connectivity index (χ4n) is 1.35. The number of amides is 1. The first-order valence-electron chi connectivity index (χ1n) is 5.68. The molecule has 2 N–H and O–H groups in total. The smallest absolute Gasteiger partial charge is 0.239 e. The van der Waals surface area contributed by atoms with Gasteiger partial charge in [-0.05, 0) is 6.42 Å². The van der Waals surface area contributed by atoms with Gasteiger partial charge in [0.25, 0.3) is 0 Å². The quantitative estimate of drug-likeness (QED) is 0.588. The fourth-order valence-corrected chi connectivity index (χ4v) is 1.35. The summed E-state index contributed by atoms with van der Waals surface area (Å²) in [6.45, 7) is 0.820. The van der Waals surface area contributed by atoms with Gasteiger partial charge in [-0.1, -0.05) is 0 Å². The van der Waals surface area contributed by atoms with Gasteiger partial charge in [-0.25, -0.2) is 13.2 Å². The number of hydrogen-bond acceptors (Lipinski definition) is 3. The standard InChI is InChI=1S/C12H15F3N2O2/c1-19-4-2-3-16-11(18)7-17-8-5-9(13)12(15)10(14)6-8/h5-6,17H,2-4,7H2,1H3,(H,16,18). The van der Waals surface area contributed by atoms with Crippen LogP contribution in [0.5, 0.6) is 0 Å². The van der Waals surface area contributed by atoms with Gasteiger partial charge < -0.3 is 15.4 Å². The molecule has 106 valence electrons. The van der Waals surface area contributed by atoms with Gasteiger partial charge in [0, 0.05) is 38.1 Å². The molecule has 0 aliphatic rings. The second-order valence-corrected chi connectivity index (χ2v) is 3.80. The average molecular weight is 276 g/mol. The lowest BCUT2D eigenvalue weighted by atomic mass is 10.3. The molecule has 0 radical (unpaired) electrons. The van der Waals surface area contributed by atoms with Gasteiger partial charge in [-0.3, -0.25) is 4.79 Å². The second-order valence-electron chi connectivity index (χ2n) is 3.80. The molecular formula is C12H15F3N2O2. The van der Waals surface area contributed by atoms with Crippen molar-refractivity contribution in [1.82, 2.24) is 5.32 Å². The van der Waals surface area contributed by atoms with Crippen molar-refractivity contribution in [3.05, 3.63) is 29.6 Å². The molecule has 1 amide bonds. The van der Waals surface area contributed by atoms with Crippen molar-refractivity contribution in [2.75, 3.05) is 32.1 Å². The lowest BCUT2D eigenvalue weighted by Crippen LogP contribution is -2.31. The van der Waals surface area contributed by atoms with E-state index in [0.29, 0.717) is 19.6 Å². The van der Waals surface area contributed by atoms with Crippen LogP contribution in [0, 0.1) is 17.5 Å². The molecule has 0 bridgehead atoms. The van der Waals surface area contributed by atoms with Crippen molar-refractivity contribution in [3.63, 3.8) is 0 Å². The van der Waals surface area contributed by atoms with Crippen LogP contribution in [0.15, 0.2) is 12.1 Å². The van der Waals surface area contributed by atoms with Crippen LogP contribution in [-0.4, -0.2) is 32.7 Å². The molecule has 0 atom stereocenters. The number of hydrogen-bond donors (Lipinski definition) is 2. The molecule has 0 spiro atoms. The summed E-state index contributed by atoms with van der Waals surface area (Å²) in [5.74, 6) is -4.47. The highest BCUT2D eigenvalue weighted by Gasteiger charge is 2.10. The van der Waals surface area contributed by atoms with Gasteiger partial charge in [-0.2, -0.15) is 0 Å². The van der Waals surface area contributed by atoms with Gasteiger partial charge in [0.15, 0.2) is 17.5 Å². The molecule has 1 rings (SSSR count). The van der Waals surface area contributed by atoms with Crippen LogP contribution in [0.4, 0.5) is 18.9 Å². The average Bonchev–Trinajstić information content (AvgIpc) is 2.38. The Morgan fingerprint density at radius 2 is 1.89 bits per heavy atom. The maximum atomic E-state index is 12.9. The first kappa shape index (κ1) is 15.3. The zero-order chi connectivity index (χ0) is 14.3. The van der Waals surface area contributed by atoms with E-state index >= 15 is 0 Å². The SMILES string of the molecule is COCCCNC(=O)CNc1cc(F)c(F)c(F)c1. The molecule has 0 aliphatic heterocycles. The molecule has 0 unspecified atom stereocenters. The molecule has 0 heterocycles. The zero-order valence-electron chi connectivity index (χ0n) is 10.4. The molecule has 4 nitrogen and oxygen atoms in total. The Bertz CT molecular complexity index is 418. The van der Waals surface area contributed by atoms with Crippen molar-refractivity contribution < 1.29 is 22.7 Å². The van der Waals surface area contributed by atoms with Crippen molar-refractivity contribution in [3.8, 4) is 0 Å². The summed E-state index contributed by atoms with van der Waals surface area (Å²) in [7, 11) is 1.56. The third kappa shape index (κ3) is 5.17. The number of benzene rings is 1. The van der Waals surface area contributed by atoms with Crippen LogP contribution in [-0.2, 0) is 9.53 Å². The number of halogens is 3. The van der Waals surface area contributed by atoms with E-state index in [-0.39, 0.29) is 18.1 Å². The first-order valence-corrected chi connectivity index (χ1v) is 5.68. The van der Waals surface area contributed by atoms with E-state index < -0.39 is 17.5 Å². The fraction of sp³-hybridized carbons (Fsp3) is 0.417. The number of anilines is 1. The highest BCUT2D eigenvalue weighted by Crippen LogP contribution is 2.16. The highest BCUT2D eigenvalue weighted by atomic mass is 19.2. The summed E-state index contributed by atoms with van der Waals surface area (Å²) in [6, 6.07) is 1.58. The van der Waals surface area contributed by atoms with Gasteiger partial charge in [0.2, 0.25) is 5.91 Å². The maximum absolute atomic E-state index is 12.9. The topological polar surface area (TPSA) is 50.4 Å². The van der Waals surface area contributed by atoms with E-state index in [1.807, 2.05) is 0 Å². The zero-order valence-corrected chi connectivity index (χ0v) is 10.4. The predicted octanol–water partition coefficient (Wildman–Crippen LogP) is 1.67. The van der Waals surface area contributed by atoms with Crippen LogP contribution in [0.1, 0.15) is 6.42 Å². The van der Waals surface area contributed by atoms with Gasteiger partial charge in [0.05, 0.1) is 6.54 Å². The molecule has 0 aliphatic carbocycles. The van der Waals surface area contributed by atoms with E-state index in [1.165, 1.54) is 0 Å². The van der Waals surface area contributed by atoms with Crippen molar-refractivity contribution in [1.29, 1.82) is 0 Å². The Hall–Kier alpha value is -1.76. The normalized spacial score (nSPS) is 10.3. The van der Waals surface area contributed by atoms with Crippen LogP contribution in [0.3, 0.4) is 0 Å². The molecule has 19 heavy (non-hydrogen) atoms. The Labute approximate surface area is 108 Å². The Kier molecular flexibility index (Phi) is 6.14. The lowest BCUT2D eigenvalue weighted by molar-refractivity contribution is -0.119. The summed E-state index contributed by atoms with van der Waals surface area (Å²) in [4.78, 5) is 11.3. The summed E-state index contributed by atoms with van der Waals surface area (Å²) >= 11 is 0. The summed E-state index contributed by atoms with van der Waals surface area (Å²) < 4.78 is 43.2. The predicted molar refractivity (Wildman–Crippen MR) is 64.3 cm³/mol. The molecule has 1 aromatic rings. The van der Waals surface area contributed by atoms with E-state index in [0.717, 1.165) is 12.1 Å². The van der Waals surface area contributed by atoms with Crippen LogP contribution in [0.2, 0.25) is 0 Å². The van der Waals surface area contributed by atoms with Crippen LogP contribution < -0.4 is 10.6 Å². The molecule has 7 heteroatoms. The number of rotatable bonds is 7. The second kappa shape index (κ2) is 7.63. The van der Waals surface area contributed by atoms with Crippen LogP contribution >= 0.6 is 0 Å². The van der Waals surface area contributed by atoms with Gasteiger partial charge in [0.1, 0.15) is 0 Å². The minimum atomic E-state index is -1.53. The minimum Gasteiger partial charge on any atom is -0.385 e. The van der Waals surface area contributed by atoms with Gasteiger partial charge in [-0.15, -0.1) is 0 Å². The largest absolute Gasteiger partial charge is 0.385 e. The van der Waals surface area contributed by atoms with Crippen molar-refractivity contribution in [2.24, 2.45) is 0 Å². The number of methoxy groups -OCH3 is 1. The number of carbonyl (C=O) groups is 1. The number of carbonyl (C=O) groups excluding carboxylic acids is 1. The van der Waals surface area contributed by atoms with Gasteiger partial charge >= 0.3 is 0 Å². The van der Waals surface area contributed by atoms with E-state index in [1.54, 1.807) is 7.11 Å². The van der Waals surface area contributed by atoms with E-state index in [2.05, 4.69) is 10.6 Å². The Morgan fingerprint density at radius 1 is 1.26 bits per heavy atom. The van der Waals surface area contributed by atoms with Crippen molar-refractivity contribution in [2.45, 2.75) is 6.42 Å². The Balaban J connectivity index is 2.38. The first-order chi connectivity index (χ1) is 9.04. The van der Waals surface area contributed by atoms with E-state index in [4.69, 9.17) is 4.74 Å². The summed E-state index contributed by atoms with van der Waals surface area (Å²) in [5, 5.41) is 5.09. The summed E-state index contributed by atoms with van der Waals surface area (Å²) in [5.41, 5.74) is 0.00319. The summed E-state index contributed by atoms with van der Waals surface area (Å²) in [6.07, 6.45) is 0.669.